The summed E-state index contributed by atoms with van der Waals surface area (Å²) in [5.74, 6) is -0.0483. The molecule has 7 nitrogen and oxygen atoms in total. The Morgan fingerprint density at radius 2 is 2.14 bits per heavy atom. The van der Waals surface area contributed by atoms with Crippen LogP contribution in [0.1, 0.15) is 18.1 Å². The number of hydrogen-bond acceptors (Lipinski definition) is 6. The number of benzene rings is 2. The van der Waals surface area contributed by atoms with Crippen LogP contribution in [0.25, 0.3) is 6.08 Å². The van der Waals surface area contributed by atoms with Crippen molar-refractivity contribution in [3.05, 3.63) is 86.6 Å². The van der Waals surface area contributed by atoms with E-state index in [1.165, 1.54) is 18.2 Å². The van der Waals surface area contributed by atoms with Crippen molar-refractivity contribution in [2.24, 2.45) is 4.99 Å². The molecule has 0 atom stereocenters. The first-order chi connectivity index (χ1) is 13.3. The summed E-state index contributed by atoms with van der Waals surface area (Å²) in [6.45, 7) is 6.03. The molecule has 0 spiro atoms. The zero-order valence-corrected chi connectivity index (χ0v) is 15.6. The molecular formula is C20H15ClN2O5. The van der Waals surface area contributed by atoms with E-state index in [1.807, 2.05) is 6.92 Å². The van der Waals surface area contributed by atoms with Crippen LogP contribution in [-0.4, -0.2) is 23.4 Å². The van der Waals surface area contributed by atoms with Crippen LogP contribution in [0.15, 0.2) is 65.3 Å². The Morgan fingerprint density at radius 1 is 1.36 bits per heavy atom. The minimum Gasteiger partial charge on any atom is -0.489 e. The molecule has 28 heavy (non-hydrogen) atoms. The van der Waals surface area contributed by atoms with Gasteiger partial charge in [0.05, 0.1) is 4.92 Å². The zero-order chi connectivity index (χ0) is 20.3. The first-order valence-corrected chi connectivity index (χ1v) is 8.55. The molecule has 0 amide bonds. The lowest BCUT2D eigenvalue weighted by atomic mass is 10.2. The number of aliphatic imine (C=N–C) groups is 1. The predicted octanol–water partition coefficient (Wildman–Crippen LogP) is 4.55. The van der Waals surface area contributed by atoms with Crippen molar-refractivity contribution in [3.63, 3.8) is 0 Å². The number of carbonyl (C=O) groups is 1. The van der Waals surface area contributed by atoms with Gasteiger partial charge in [-0.3, -0.25) is 10.1 Å². The molecule has 142 valence electrons. The first kappa shape index (κ1) is 19.3. The third-order valence-electron chi connectivity index (χ3n) is 3.66. The summed E-state index contributed by atoms with van der Waals surface area (Å²) in [5.41, 5.74) is 1.64. The number of esters is 1. The third kappa shape index (κ3) is 4.44. The predicted molar refractivity (Wildman–Crippen MR) is 105 cm³/mol. The van der Waals surface area contributed by atoms with E-state index in [2.05, 4.69) is 11.6 Å². The molecule has 3 rings (SSSR count). The number of ether oxygens (including phenoxy) is 2. The van der Waals surface area contributed by atoms with E-state index in [4.69, 9.17) is 21.1 Å². The van der Waals surface area contributed by atoms with Gasteiger partial charge < -0.3 is 9.47 Å². The van der Waals surface area contributed by atoms with Gasteiger partial charge in [0.25, 0.3) is 5.69 Å². The summed E-state index contributed by atoms with van der Waals surface area (Å²) >= 11 is 5.80. The summed E-state index contributed by atoms with van der Waals surface area (Å²) < 4.78 is 10.7. The Hall–Kier alpha value is -3.45. The second-order valence-electron chi connectivity index (χ2n) is 6.08. The molecule has 2 aromatic rings. The van der Waals surface area contributed by atoms with Crippen LogP contribution in [-0.2, 0) is 9.53 Å². The average Bonchev–Trinajstić information content (AvgIpc) is 3.01. The van der Waals surface area contributed by atoms with Crippen molar-refractivity contribution >= 4 is 35.2 Å². The van der Waals surface area contributed by atoms with E-state index in [9.17, 15) is 14.9 Å². The van der Waals surface area contributed by atoms with Crippen molar-refractivity contribution in [2.45, 2.75) is 6.92 Å². The van der Waals surface area contributed by atoms with Gasteiger partial charge in [-0.25, -0.2) is 9.79 Å². The zero-order valence-electron chi connectivity index (χ0n) is 14.8. The van der Waals surface area contributed by atoms with E-state index >= 15 is 0 Å². The summed E-state index contributed by atoms with van der Waals surface area (Å²) in [4.78, 5) is 26.7. The normalized spacial score (nSPS) is 14.6. The lowest BCUT2D eigenvalue weighted by molar-refractivity contribution is -0.384. The van der Waals surface area contributed by atoms with E-state index < -0.39 is 10.9 Å². The monoisotopic (exact) mass is 398 g/mol. The van der Waals surface area contributed by atoms with Crippen molar-refractivity contribution in [3.8, 4) is 5.75 Å². The SMILES string of the molecule is C=C(C)COc1cccc(/C=C2\N=C(c3ccc(Cl)c([N+](=O)[O-])c3)OC2=O)c1. The molecule has 0 unspecified atom stereocenters. The van der Waals surface area contributed by atoms with Gasteiger partial charge in [0.1, 0.15) is 17.4 Å². The summed E-state index contributed by atoms with van der Waals surface area (Å²) in [7, 11) is 0. The first-order valence-electron chi connectivity index (χ1n) is 8.17. The largest absolute Gasteiger partial charge is 0.489 e. The Morgan fingerprint density at radius 3 is 2.86 bits per heavy atom. The van der Waals surface area contributed by atoms with Gasteiger partial charge in [0.15, 0.2) is 5.70 Å². The fraction of sp³-hybridized carbons (Fsp3) is 0.100. The highest BCUT2D eigenvalue weighted by molar-refractivity contribution is 6.32. The third-order valence-corrected chi connectivity index (χ3v) is 3.98. The van der Waals surface area contributed by atoms with Gasteiger partial charge in [-0.05, 0) is 48.4 Å². The van der Waals surface area contributed by atoms with Crippen molar-refractivity contribution < 1.29 is 19.2 Å². The van der Waals surface area contributed by atoms with Crippen LogP contribution >= 0.6 is 11.6 Å². The summed E-state index contributed by atoms with van der Waals surface area (Å²) in [5, 5.41) is 11.0. The van der Waals surface area contributed by atoms with E-state index in [-0.39, 0.29) is 27.9 Å². The quantitative estimate of drug-likeness (QED) is 0.234. The molecule has 0 aliphatic carbocycles. The van der Waals surface area contributed by atoms with Gasteiger partial charge in [-0.2, -0.15) is 0 Å². The Bertz CT molecular complexity index is 1040. The number of nitrogens with zero attached hydrogens (tertiary/aromatic N) is 2. The summed E-state index contributed by atoms with van der Waals surface area (Å²) in [6, 6.07) is 11.2. The molecule has 0 saturated heterocycles. The number of hydrogen-bond donors (Lipinski definition) is 0. The highest BCUT2D eigenvalue weighted by Crippen LogP contribution is 2.28. The molecule has 0 radical (unpaired) electrons. The second kappa shape index (κ2) is 8.06. The number of rotatable bonds is 6. The van der Waals surface area contributed by atoms with Crippen LogP contribution in [0.2, 0.25) is 5.02 Å². The van der Waals surface area contributed by atoms with E-state index in [0.717, 1.165) is 5.57 Å². The molecule has 1 aliphatic heterocycles. The molecule has 1 aliphatic rings. The van der Waals surface area contributed by atoms with Gasteiger partial charge >= 0.3 is 5.97 Å². The van der Waals surface area contributed by atoms with Crippen LogP contribution in [0.5, 0.6) is 5.75 Å². The van der Waals surface area contributed by atoms with Crippen molar-refractivity contribution in [2.75, 3.05) is 6.61 Å². The highest BCUT2D eigenvalue weighted by atomic mass is 35.5. The van der Waals surface area contributed by atoms with Crippen LogP contribution in [0.4, 0.5) is 5.69 Å². The molecule has 0 aromatic heterocycles. The maximum Gasteiger partial charge on any atom is 0.363 e. The minimum absolute atomic E-state index is 0.0129. The standard InChI is InChI=1S/C20H15ClN2O5/c1-12(2)11-27-15-5-3-4-13(8-15)9-17-20(24)28-19(22-17)14-6-7-16(21)18(10-14)23(25)26/h3-10H,1,11H2,2H3/b17-9-. The van der Waals surface area contributed by atoms with Crippen LogP contribution < -0.4 is 4.74 Å². The minimum atomic E-state index is -0.652. The lowest BCUT2D eigenvalue weighted by Crippen LogP contribution is -2.06. The molecule has 0 saturated carbocycles. The Balaban J connectivity index is 1.88. The van der Waals surface area contributed by atoms with Gasteiger partial charge in [0.2, 0.25) is 5.90 Å². The topological polar surface area (TPSA) is 91.0 Å². The van der Waals surface area contributed by atoms with Crippen LogP contribution in [0.3, 0.4) is 0 Å². The molecule has 2 aromatic carbocycles. The van der Waals surface area contributed by atoms with E-state index in [1.54, 1.807) is 30.3 Å². The Kier molecular flexibility index (Phi) is 5.56. The Labute approximate surface area is 165 Å². The molecule has 0 fully saturated rings. The van der Waals surface area contributed by atoms with Gasteiger partial charge in [0, 0.05) is 11.6 Å². The van der Waals surface area contributed by atoms with Crippen LogP contribution in [0, 0.1) is 10.1 Å². The van der Waals surface area contributed by atoms with Gasteiger partial charge in [-0.15, -0.1) is 0 Å². The molecule has 1 heterocycles. The lowest BCUT2D eigenvalue weighted by Gasteiger charge is -2.06. The van der Waals surface area contributed by atoms with Gasteiger partial charge in [-0.1, -0.05) is 30.3 Å². The molecular weight excluding hydrogens is 384 g/mol. The number of nitro groups is 1. The van der Waals surface area contributed by atoms with Crippen molar-refractivity contribution in [1.29, 1.82) is 0 Å². The second-order valence-corrected chi connectivity index (χ2v) is 6.48. The molecule has 0 bridgehead atoms. The fourth-order valence-corrected chi connectivity index (χ4v) is 2.56. The molecule has 0 N–H and O–H groups in total. The maximum atomic E-state index is 12.1. The number of carbonyl (C=O) groups excluding carboxylic acids is 1. The molecule has 8 heteroatoms. The number of cyclic esters (lactones) is 1. The average molecular weight is 399 g/mol. The van der Waals surface area contributed by atoms with Crippen molar-refractivity contribution in [1.82, 2.24) is 0 Å². The number of halogens is 1. The highest BCUT2D eigenvalue weighted by Gasteiger charge is 2.26. The maximum absolute atomic E-state index is 12.1. The smallest absolute Gasteiger partial charge is 0.363 e. The number of nitro benzene ring substituents is 1. The van der Waals surface area contributed by atoms with E-state index in [0.29, 0.717) is 17.9 Å². The fourth-order valence-electron chi connectivity index (χ4n) is 2.38. The summed E-state index contributed by atoms with van der Waals surface area (Å²) in [6.07, 6.45) is 1.55.